The highest BCUT2D eigenvalue weighted by molar-refractivity contribution is 6.30. The fourth-order valence-corrected chi connectivity index (χ4v) is 2.04. The van der Waals surface area contributed by atoms with Crippen molar-refractivity contribution in [3.05, 3.63) is 58.6 Å². The number of hydrogen-bond donors (Lipinski definition) is 2. The molecule has 0 aromatic heterocycles. The molecule has 0 unspecified atom stereocenters. The number of nitrogens with one attached hydrogen (secondary N) is 2. The Morgan fingerprint density at radius 3 is 2.52 bits per heavy atom. The van der Waals surface area contributed by atoms with E-state index in [0.717, 1.165) is 22.6 Å². The number of amides is 2. The molecule has 2 rings (SSSR count). The molecule has 0 aliphatic rings. The number of rotatable bonds is 4. The summed E-state index contributed by atoms with van der Waals surface area (Å²) in [5.74, 6) is 0.794. The lowest BCUT2D eigenvalue weighted by atomic mass is 10.2. The Labute approximate surface area is 129 Å². The highest BCUT2D eigenvalue weighted by atomic mass is 35.5. The molecule has 5 heteroatoms. The third-order valence-corrected chi connectivity index (χ3v) is 3.27. The van der Waals surface area contributed by atoms with Crippen molar-refractivity contribution >= 4 is 23.3 Å². The van der Waals surface area contributed by atoms with Gasteiger partial charge in [-0.2, -0.15) is 0 Å². The Kier molecular flexibility index (Phi) is 5.06. The van der Waals surface area contributed by atoms with Gasteiger partial charge in [-0.25, -0.2) is 4.79 Å². The largest absolute Gasteiger partial charge is 0.496 e. The molecule has 2 aromatic carbocycles. The van der Waals surface area contributed by atoms with Crippen LogP contribution in [0.1, 0.15) is 11.1 Å². The van der Waals surface area contributed by atoms with E-state index in [4.69, 9.17) is 16.3 Å². The number of urea groups is 1. The third-order valence-electron chi connectivity index (χ3n) is 3.02. The van der Waals surface area contributed by atoms with Gasteiger partial charge in [-0.1, -0.05) is 23.7 Å². The summed E-state index contributed by atoms with van der Waals surface area (Å²) < 4.78 is 5.18. The predicted octanol–water partition coefficient (Wildman–Crippen LogP) is 3.98. The number of benzene rings is 2. The molecule has 0 fully saturated rings. The number of aryl methyl sites for hydroxylation is 1. The first kappa shape index (κ1) is 15.2. The van der Waals surface area contributed by atoms with Crippen molar-refractivity contribution in [1.82, 2.24) is 5.32 Å². The molecule has 0 bridgehead atoms. The van der Waals surface area contributed by atoms with E-state index in [1.165, 1.54) is 0 Å². The average Bonchev–Trinajstić information content (AvgIpc) is 2.47. The second kappa shape index (κ2) is 6.99. The van der Waals surface area contributed by atoms with Crippen LogP contribution in [0, 0.1) is 6.92 Å². The SMILES string of the molecule is COc1ccc(NC(=O)NCc2ccc(Cl)cc2)cc1C. The van der Waals surface area contributed by atoms with Gasteiger partial charge in [0.15, 0.2) is 0 Å². The molecule has 110 valence electrons. The summed E-state index contributed by atoms with van der Waals surface area (Å²) in [6.45, 7) is 2.37. The first-order valence-electron chi connectivity index (χ1n) is 6.52. The average molecular weight is 305 g/mol. The van der Waals surface area contributed by atoms with Crippen LogP contribution in [0.4, 0.5) is 10.5 Å². The van der Waals surface area contributed by atoms with E-state index in [1.807, 2.05) is 31.2 Å². The number of carbonyl (C=O) groups excluding carboxylic acids is 1. The normalized spacial score (nSPS) is 10.0. The molecular weight excluding hydrogens is 288 g/mol. The van der Waals surface area contributed by atoms with Gasteiger partial charge < -0.3 is 15.4 Å². The van der Waals surface area contributed by atoms with Crippen molar-refractivity contribution in [2.24, 2.45) is 0 Å². The van der Waals surface area contributed by atoms with Gasteiger partial charge >= 0.3 is 6.03 Å². The van der Waals surface area contributed by atoms with Crippen LogP contribution in [0.15, 0.2) is 42.5 Å². The van der Waals surface area contributed by atoms with Gasteiger partial charge in [-0.3, -0.25) is 0 Å². The topological polar surface area (TPSA) is 50.4 Å². The van der Waals surface area contributed by atoms with Gasteiger partial charge in [-0.15, -0.1) is 0 Å². The van der Waals surface area contributed by atoms with Gasteiger partial charge in [0.1, 0.15) is 5.75 Å². The summed E-state index contributed by atoms with van der Waals surface area (Å²) in [5.41, 5.74) is 2.68. The number of halogens is 1. The molecule has 2 aromatic rings. The van der Waals surface area contributed by atoms with Crippen LogP contribution in [-0.2, 0) is 6.54 Å². The summed E-state index contributed by atoms with van der Waals surface area (Å²) >= 11 is 5.81. The minimum atomic E-state index is -0.255. The van der Waals surface area contributed by atoms with E-state index in [9.17, 15) is 4.79 Å². The summed E-state index contributed by atoms with van der Waals surface area (Å²) in [7, 11) is 1.62. The Hall–Kier alpha value is -2.20. The maximum Gasteiger partial charge on any atom is 0.319 e. The van der Waals surface area contributed by atoms with E-state index in [0.29, 0.717) is 11.6 Å². The molecule has 0 heterocycles. The van der Waals surface area contributed by atoms with Crippen LogP contribution in [0.5, 0.6) is 5.75 Å². The number of anilines is 1. The second-order valence-corrected chi connectivity index (χ2v) is 5.05. The van der Waals surface area contributed by atoms with Crippen LogP contribution in [0.2, 0.25) is 5.02 Å². The fourth-order valence-electron chi connectivity index (χ4n) is 1.92. The monoisotopic (exact) mass is 304 g/mol. The van der Waals surface area contributed by atoms with Crippen LogP contribution < -0.4 is 15.4 Å². The molecule has 2 amide bonds. The van der Waals surface area contributed by atoms with Crippen molar-refractivity contribution in [1.29, 1.82) is 0 Å². The molecule has 21 heavy (non-hydrogen) atoms. The number of carbonyl (C=O) groups is 1. The van der Waals surface area contributed by atoms with E-state index in [2.05, 4.69) is 10.6 Å². The Morgan fingerprint density at radius 1 is 1.19 bits per heavy atom. The standard InChI is InChI=1S/C16H17ClN2O2/c1-11-9-14(7-8-15(11)21-2)19-16(20)18-10-12-3-5-13(17)6-4-12/h3-9H,10H2,1-2H3,(H2,18,19,20). The molecule has 0 aliphatic carbocycles. The molecule has 0 saturated heterocycles. The molecule has 2 N–H and O–H groups in total. The van der Waals surface area contributed by atoms with E-state index in [1.54, 1.807) is 25.3 Å². The van der Waals surface area contributed by atoms with Gasteiger partial charge in [0.2, 0.25) is 0 Å². The summed E-state index contributed by atoms with van der Waals surface area (Å²) in [6, 6.07) is 12.6. The molecule has 0 spiro atoms. The first-order chi connectivity index (χ1) is 10.1. The van der Waals surface area contributed by atoms with Crippen LogP contribution in [-0.4, -0.2) is 13.1 Å². The van der Waals surface area contributed by atoms with Crippen LogP contribution in [0.3, 0.4) is 0 Å². The van der Waals surface area contributed by atoms with E-state index >= 15 is 0 Å². The van der Waals surface area contributed by atoms with Crippen molar-refractivity contribution in [3.63, 3.8) is 0 Å². The summed E-state index contributed by atoms with van der Waals surface area (Å²) in [6.07, 6.45) is 0. The van der Waals surface area contributed by atoms with Crippen molar-refractivity contribution < 1.29 is 9.53 Å². The molecular formula is C16H17ClN2O2. The smallest absolute Gasteiger partial charge is 0.319 e. The zero-order chi connectivity index (χ0) is 15.2. The van der Waals surface area contributed by atoms with Crippen LogP contribution in [0.25, 0.3) is 0 Å². The van der Waals surface area contributed by atoms with Crippen molar-refractivity contribution in [3.8, 4) is 5.75 Å². The number of hydrogen-bond acceptors (Lipinski definition) is 2. The summed E-state index contributed by atoms with van der Waals surface area (Å²) in [5, 5.41) is 6.25. The third kappa shape index (κ3) is 4.39. The molecule has 0 aliphatic heterocycles. The minimum absolute atomic E-state index is 0.255. The molecule has 4 nitrogen and oxygen atoms in total. The maximum atomic E-state index is 11.8. The van der Waals surface area contributed by atoms with Crippen LogP contribution >= 0.6 is 11.6 Å². The second-order valence-electron chi connectivity index (χ2n) is 4.62. The van der Waals surface area contributed by atoms with Gasteiger partial charge in [-0.05, 0) is 48.4 Å². The van der Waals surface area contributed by atoms with E-state index in [-0.39, 0.29) is 6.03 Å². The van der Waals surface area contributed by atoms with Crippen molar-refractivity contribution in [2.75, 3.05) is 12.4 Å². The highest BCUT2D eigenvalue weighted by Gasteiger charge is 2.04. The first-order valence-corrected chi connectivity index (χ1v) is 6.90. The molecule has 0 atom stereocenters. The van der Waals surface area contributed by atoms with E-state index < -0.39 is 0 Å². The van der Waals surface area contributed by atoms with Gasteiger partial charge in [0.25, 0.3) is 0 Å². The zero-order valence-corrected chi connectivity index (χ0v) is 12.7. The lowest BCUT2D eigenvalue weighted by Gasteiger charge is -2.10. The van der Waals surface area contributed by atoms with Gasteiger partial charge in [0.05, 0.1) is 7.11 Å². The minimum Gasteiger partial charge on any atom is -0.496 e. The lowest BCUT2D eigenvalue weighted by Crippen LogP contribution is -2.28. The maximum absolute atomic E-state index is 11.8. The number of methoxy groups -OCH3 is 1. The Balaban J connectivity index is 1.89. The Morgan fingerprint density at radius 2 is 1.90 bits per heavy atom. The van der Waals surface area contributed by atoms with Gasteiger partial charge in [0, 0.05) is 17.3 Å². The molecule has 0 saturated carbocycles. The quantitative estimate of drug-likeness (QED) is 0.897. The fraction of sp³-hybridized carbons (Fsp3) is 0.188. The summed E-state index contributed by atoms with van der Waals surface area (Å²) in [4.78, 5) is 11.8. The van der Waals surface area contributed by atoms with Crippen molar-refractivity contribution in [2.45, 2.75) is 13.5 Å². The zero-order valence-electron chi connectivity index (χ0n) is 11.9. The number of ether oxygens (including phenoxy) is 1. The predicted molar refractivity (Wildman–Crippen MR) is 85.0 cm³/mol. The Bertz CT molecular complexity index is 627. The lowest BCUT2D eigenvalue weighted by molar-refractivity contribution is 0.251. The highest BCUT2D eigenvalue weighted by Crippen LogP contribution is 2.21. The molecule has 0 radical (unpaired) electrons.